The summed E-state index contributed by atoms with van der Waals surface area (Å²) in [4.78, 5) is 2.20. The highest BCUT2D eigenvalue weighted by molar-refractivity contribution is 4.78. The van der Waals surface area contributed by atoms with E-state index in [1.165, 1.54) is 0 Å². The van der Waals surface area contributed by atoms with Crippen LogP contribution in [0.15, 0.2) is 0 Å². The molecule has 1 rings (SSSR count). The van der Waals surface area contributed by atoms with Gasteiger partial charge in [-0.1, -0.05) is 20.8 Å². The number of nitrogens with zero attached hydrogens (tertiary/aromatic N) is 1. The van der Waals surface area contributed by atoms with Crippen LogP contribution >= 0.6 is 0 Å². The lowest BCUT2D eigenvalue weighted by atomic mass is 9.90. The predicted octanol–water partition coefficient (Wildman–Crippen LogP) is 1.28. The van der Waals surface area contributed by atoms with E-state index in [-0.39, 0.29) is 5.41 Å². The Morgan fingerprint density at radius 3 is 2.31 bits per heavy atom. The van der Waals surface area contributed by atoms with Gasteiger partial charge in [0.2, 0.25) is 0 Å². The van der Waals surface area contributed by atoms with Crippen molar-refractivity contribution in [3.63, 3.8) is 0 Å². The van der Waals surface area contributed by atoms with Crippen LogP contribution in [0.3, 0.4) is 0 Å². The Kier molecular flexibility index (Phi) is 3.68. The van der Waals surface area contributed by atoms with Gasteiger partial charge in [0.05, 0.1) is 0 Å². The van der Waals surface area contributed by atoms with Gasteiger partial charge in [-0.25, -0.2) is 4.39 Å². The summed E-state index contributed by atoms with van der Waals surface area (Å²) in [6.45, 7) is 10.4. The number of piperazine rings is 1. The van der Waals surface area contributed by atoms with E-state index < -0.39 is 6.17 Å². The second-order valence-electron chi connectivity index (χ2n) is 4.88. The summed E-state index contributed by atoms with van der Waals surface area (Å²) in [6.07, 6.45) is -0.717. The minimum atomic E-state index is -0.717. The summed E-state index contributed by atoms with van der Waals surface area (Å²) in [5, 5.41) is 3.26. The molecule has 0 saturated carbocycles. The van der Waals surface area contributed by atoms with E-state index in [1.807, 2.05) is 20.8 Å². The number of rotatable bonds is 2. The van der Waals surface area contributed by atoms with Gasteiger partial charge in [-0.2, -0.15) is 0 Å². The Labute approximate surface area is 80.5 Å². The molecule has 78 valence electrons. The highest BCUT2D eigenvalue weighted by Gasteiger charge is 2.26. The van der Waals surface area contributed by atoms with Gasteiger partial charge in [-0.3, -0.25) is 4.90 Å². The molecule has 1 aliphatic heterocycles. The average Bonchev–Trinajstić information content (AvgIpc) is 2.04. The molecular formula is C10H21FN2. The van der Waals surface area contributed by atoms with E-state index in [0.29, 0.717) is 6.54 Å². The zero-order chi connectivity index (χ0) is 9.90. The second kappa shape index (κ2) is 4.38. The molecule has 1 saturated heterocycles. The molecule has 2 nitrogen and oxygen atoms in total. The van der Waals surface area contributed by atoms with Gasteiger partial charge in [0.15, 0.2) is 0 Å². The van der Waals surface area contributed by atoms with Crippen molar-refractivity contribution in [2.75, 3.05) is 32.7 Å². The highest BCUT2D eigenvalue weighted by atomic mass is 19.1. The summed E-state index contributed by atoms with van der Waals surface area (Å²) >= 11 is 0. The van der Waals surface area contributed by atoms with Gasteiger partial charge in [-0.15, -0.1) is 0 Å². The monoisotopic (exact) mass is 188 g/mol. The largest absolute Gasteiger partial charge is 0.314 e. The first kappa shape index (κ1) is 10.9. The first-order valence-corrected chi connectivity index (χ1v) is 5.07. The fourth-order valence-corrected chi connectivity index (χ4v) is 1.39. The maximum absolute atomic E-state index is 13.6. The van der Waals surface area contributed by atoms with Crippen molar-refractivity contribution in [1.29, 1.82) is 0 Å². The topological polar surface area (TPSA) is 15.3 Å². The molecule has 1 aliphatic rings. The Morgan fingerprint density at radius 1 is 1.31 bits per heavy atom. The Bertz CT molecular complexity index is 147. The number of halogens is 1. The molecule has 13 heavy (non-hydrogen) atoms. The molecule has 1 unspecified atom stereocenters. The summed E-state index contributed by atoms with van der Waals surface area (Å²) in [5.74, 6) is 0. The minimum absolute atomic E-state index is 0.217. The third-order valence-electron chi connectivity index (χ3n) is 2.57. The molecule has 0 aromatic heterocycles. The van der Waals surface area contributed by atoms with Crippen molar-refractivity contribution in [3.8, 4) is 0 Å². The average molecular weight is 188 g/mol. The zero-order valence-electron chi connectivity index (χ0n) is 8.94. The molecule has 1 N–H and O–H groups in total. The summed E-state index contributed by atoms with van der Waals surface area (Å²) in [5.41, 5.74) is -0.217. The Balaban J connectivity index is 2.30. The third kappa shape index (κ3) is 3.61. The molecule has 1 atom stereocenters. The lowest BCUT2D eigenvalue weighted by molar-refractivity contribution is 0.0968. The Morgan fingerprint density at radius 2 is 1.85 bits per heavy atom. The molecule has 0 bridgehead atoms. The molecule has 3 heteroatoms. The molecule has 1 heterocycles. The van der Waals surface area contributed by atoms with E-state index >= 15 is 0 Å². The van der Waals surface area contributed by atoms with Gasteiger partial charge < -0.3 is 5.32 Å². The van der Waals surface area contributed by atoms with Crippen LogP contribution in [-0.2, 0) is 0 Å². The normalized spacial score (nSPS) is 23.1. The van der Waals surface area contributed by atoms with Crippen LogP contribution in [0.5, 0.6) is 0 Å². The molecule has 1 fully saturated rings. The zero-order valence-corrected chi connectivity index (χ0v) is 8.94. The van der Waals surface area contributed by atoms with Crippen molar-refractivity contribution in [2.45, 2.75) is 26.9 Å². The van der Waals surface area contributed by atoms with Crippen LogP contribution < -0.4 is 5.32 Å². The number of hydrogen-bond acceptors (Lipinski definition) is 2. The van der Waals surface area contributed by atoms with E-state index in [0.717, 1.165) is 26.2 Å². The molecular weight excluding hydrogens is 167 g/mol. The van der Waals surface area contributed by atoms with Crippen LogP contribution in [0, 0.1) is 5.41 Å². The van der Waals surface area contributed by atoms with Crippen LogP contribution in [-0.4, -0.2) is 43.8 Å². The molecule has 0 radical (unpaired) electrons. The van der Waals surface area contributed by atoms with Gasteiger partial charge in [0.25, 0.3) is 0 Å². The van der Waals surface area contributed by atoms with Gasteiger partial charge in [-0.05, 0) is 5.41 Å². The first-order valence-electron chi connectivity index (χ1n) is 5.07. The number of nitrogens with one attached hydrogen (secondary N) is 1. The third-order valence-corrected chi connectivity index (χ3v) is 2.57. The molecule has 0 aliphatic carbocycles. The molecule has 0 aromatic carbocycles. The van der Waals surface area contributed by atoms with Gasteiger partial charge in [0, 0.05) is 32.7 Å². The van der Waals surface area contributed by atoms with E-state index in [2.05, 4.69) is 10.2 Å². The van der Waals surface area contributed by atoms with Crippen LogP contribution in [0.25, 0.3) is 0 Å². The van der Waals surface area contributed by atoms with E-state index in [1.54, 1.807) is 0 Å². The van der Waals surface area contributed by atoms with Crippen LogP contribution in [0.1, 0.15) is 20.8 Å². The fraction of sp³-hybridized carbons (Fsp3) is 1.00. The molecule has 0 aromatic rings. The lowest BCUT2D eigenvalue weighted by Crippen LogP contribution is -2.47. The summed E-state index contributed by atoms with van der Waals surface area (Å²) in [6, 6.07) is 0. The van der Waals surface area contributed by atoms with Crippen molar-refractivity contribution in [3.05, 3.63) is 0 Å². The maximum atomic E-state index is 13.6. The van der Waals surface area contributed by atoms with Gasteiger partial charge in [0.1, 0.15) is 6.17 Å². The predicted molar refractivity (Wildman–Crippen MR) is 53.7 cm³/mol. The van der Waals surface area contributed by atoms with E-state index in [9.17, 15) is 4.39 Å². The van der Waals surface area contributed by atoms with Crippen LogP contribution in [0.2, 0.25) is 0 Å². The SMILES string of the molecule is CC(C)(C)C(F)CN1CCNCC1. The smallest absolute Gasteiger partial charge is 0.118 e. The second-order valence-corrected chi connectivity index (χ2v) is 4.88. The highest BCUT2D eigenvalue weighted by Crippen LogP contribution is 2.22. The number of alkyl halides is 1. The number of hydrogen-bond donors (Lipinski definition) is 1. The molecule has 0 spiro atoms. The Hall–Kier alpha value is -0.150. The van der Waals surface area contributed by atoms with Gasteiger partial charge >= 0.3 is 0 Å². The first-order chi connectivity index (χ1) is 6.00. The van der Waals surface area contributed by atoms with Crippen LogP contribution in [0.4, 0.5) is 4.39 Å². The summed E-state index contributed by atoms with van der Waals surface area (Å²) < 4.78 is 13.6. The minimum Gasteiger partial charge on any atom is -0.314 e. The quantitative estimate of drug-likeness (QED) is 0.702. The van der Waals surface area contributed by atoms with E-state index in [4.69, 9.17) is 0 Å². The summed E-state index contributed by atoms with van der Waals surface area (Å²) in [7, 11) is 0. The van der Waals surface area contributed by atoms with Crippen molar-refractivity contribution in [2.24, 2.45) is 5.41 Å². The fourth-order valence-electron chi connectivity index (χ4n) is 1.39. The van der Waals surface area contributed by atoms with Crippen molar-refractivity contribution in [1.82, 2.24) is 10.2 Å². The van der Waals surface area contributed by atoms with Crippen molar-refractivity contribution >= 4 is 0 Å². The standard InChI is InChI=1S/C10H21FN2/c1-10(2,3)9(11)8-13-6-4-12-5-7-13/h9,12H,4-8H2,1-3H3. The lowest BCUT2D eigenvalue weighted by Gasteiger charge is -2.32. The molecule has 0 amide bonds. The maximum Gasteiger partial charge on any atom is 0.118 e. The van der Waals surface area contributed by atoms with Crippen molar-refractivity contribution < 1.29 is 4.39 Å².